The Morgan fingerprint density at radius 1 is 1.11 bits per heavy atom. The Bertz CT molecular complexity index is 307. The SMILES string of the molecule is CC1CCC(C(C)C)C2(C1)CC(C)(C)N(C)C2C. The zero-order valence-electron chi connectivity index (χ0n) is 13.6. The standard InChI is InChI=1S/C17H33N/c1-12(2)15-9-8-13(3)10-17(15)11-16(5,6)18(7)14(17)4/h12-15H,8-11H2,1-7H3. The first kappa shape index (κ1) is 14.4. The lowest BCUT2D eigenvalue weighted by Gasteiger charge is -2.49. The van der Waals surface area contributed by atoms with E-state index in [0.29, 0.717) is 11.0 Å². The van der Waals surface area contributed by atoms with Crippen LogP contribution in [0, 0.1) is 23.2 Å². The third-order valence-electron chi connectivity index (χ3n) is 6.37. The van der Waals surface area contributed by atoms with E-state index in [1.807, 2.05) is 0 Å². The summed E-state index contributed by atoms with van der Waals surface area (Å²) in [5.74, 6) is 2.68. The van der Waals surface area contributed by atoms with Crippen LogP contribution >= 0.6 is 0 Å². The van der Waals surface area contributed by atoms with E-state index in [1.54, 1.807) is 0 Å². The van der Waals surface area contributed by atoms with Crippen LogP contribution in [0.5, 0.6) is 0 Å². The largest absolute Gasteiger partial charge is 0.298 e. The molecule has 1 heteroatoms. The molecular weight excluding hydrogens is 218 g/mol. The van der Waals surface area contributed by atoms with Gasteiger partial charge in [-0.3, -0.25) is 4.90 Å². The Labute approximate surface area is 114 Å². The lowest BCUT2D eigenvalue weighted by molar-refractivity contribution is 0.00877. The van der Waals surface area contributed by atoms with Crippen molar-refractivity contribution in [3.63, 3.8) is 0 Å². The number of likely N-dealkylation sites (tertiary alicyclic amines) is 1. The highest BCUT2D eigenvalue weighted by molar-refractivity contribution is 5.10. The van der Waals surface area contributed by atoms with Gasteiger partial charge < -0.3 is 0 Å². The summed E-state index contributed by atoms with van der Waals surface area (Å²) in [7, 11) is 2.34. The van der Waals surface area contributed by atoms with Crippen LogP contribution in [-0.2, 0) is 0 Å². The first-order valence-corrected chi connectivity index (χ1v) is 7.93. The van der Waals surface area contributed by atoms with Gasteiger partial charge in [-0.2, -0.15) is 0 Å². The molecule has 106 valence electrons. The Hall–Kier alpha value is -0.0400. The predicted octanol–water partition coefficient (Wildman–Crippen LogP) is 4.57. The normalized spacial score (nSPS) is 45.0. The van der Waals surface area contributed by atoms with Gasteiger partial charge in [0.2, 0.25) is 0 Å². The summed E-state index contributed by atoms with van der Waals surface area (Å²) in [6.07, 6.45) is 5.74. The fraction of sp³-hybridized carbons (Fsp3) is 1.00. The second kappa shape index (κ2) is 4.51. The summed E-state index contributed by atoms with van der Waals surface area (Å²) in [5, 5.41) is 0. The van der Waals surface area contributed by atoms with Gasteiger partial charge in [-0.25, -0.2) is 0 Å². The van der Waals surface area contributed by atoms with Crippen LogP contribution in [0.25, 0.3) is 0 Å². The molecule has 1 nitrogen and oxygen atoms in total. The van der Waals surface area contributed by atoms with Crippen LogP contribution in [0.2, 0.25) is 0 Å². The van der Waals surface area contributed by atoms with Crippen LogP contribution in [0.15, 0.2) is 0 Å². The van der Waals surface area contributed by atoms with Gasteiger partial charge in [-0.1, -0.05) is 27.2 Å². The van der Waals surface area contributed by atoms with Gasteiger partial charge in [0.1, 0.15) is 0 Å². The van der Waals surface area contributed by atoms with E-state index in [1.165, 1.54) is 25.7 Å². The molecule has 0 N–H and O–H groups in total. The minimum absolute atomic E-state index is 0.379. The van der Waals surface area contributed by atoms with Crippen LogP contribution in [0.3, 0.4) is 0 Å². The van der Waals surface area contributed by atoms with E-state index in [2.05, 4.69) is 53.5 Å². The van der Waals surface area contributed by atoms with Crippen molar-refractivity contribution >= 4 is 0 Å². The minimum atomic E-state index is 0.379. The molecule has 0 aromatic carbocycles. The minimum Gasteiger partial charge on any atom is -0.298 e. The first-order valence-electron chi connectivity index (χ1n) is 7.93. The quantitative estimate of drug-likeness (QED) is 0.660. The van der Waals surface area contributed by atoms with E-state index in [4.69, 9.17) is 0 Å². The van der Waals surface area contributed by atoms with Crippen molar-refractivity contribution in [3.8, 4) is 0 Å². The summed E-state index contributed by atoms with van der Waals surface area (Å²) in [6.45, 7) is 14.7. The van der Waals surface area contributed by atoms with Crippen molar-refractivity contribution in [1.82, 2.24) is 4.90 Å². The zero-order chi connectivity index (χ0) is 13.7. The van der Waals surface area contributed by atoms with Crippen molar-refractivity contribution < 1.29 is 0 Å². The molecule has 2 rings (SSSR count). The summed E-state index contributed by atoms with van der Waals surface area (Å²) in [6, 6.07) is 0.739. The molecule has 2 aliphatic rings. The lowest BCUT2D eigenvalue weighted by Crippen LogP contribution is -2.46. The Kier molecular flexibility index (Phi) is 3.60. The maximum Gasteiger partial charge on any atom is 0.0159 e. The zero-order valence-corrected chi connectivity index (χ0v) is 13.6. The van der Waals surface area contributed by atoms with E-state index in [-0.39, 0.29) is 0 Å². The molecule has 1 saturated carbocycles. The highest BCUT2D eigenvalue weighted by Gasteiger charge is 2.57. The Balaban J connectivity index is 2.36. The van der Waals surface area contributed by atoms with E-state index >= 15 is 0 Å². The number of hydrogen-bond acceptors (Lipinski definition) is 1. The second-order valence-electron chi connectivity index (χ2n) is 8.25. The molecular formula is C17H33N. The molecule has 0 aromatic heterocycles. The van der Waals surface area contributed by atoms with E-state index in [9.17, 15) is 0 Å². The molecule has 1 aliphatic heterocycles. The average Bonchev–Trinajstić information content (AvgIpc) is 2.40. The number of hydrogen-bond donors (Lipinski definition) is 0. The lowest BCUT2D eigenvalue weighted by atomic mass is 9.56. The smallest absolute Gasteiger partial charge is 0.0159 e. The molecule has 0 radical (unpaired) electrons. The molecule has 1 spiro atoms. The van der Waals surface area contributed by atoms with Crippen molar-refractivity contribution in [3.05, 3.63) is 0 Å². The number of nitrogens with zero attached hydrogens (tertiary/aromatic N) is 1. The monoisotopic (exact) mass is 251 g/mol. The van der Waals surface area contributed by atoms with Gasteiger partial charge >= 0.3 is 0 Å². The van der Waals surface area contributed by atoms with E-state index in [0.717, 1.165) is 23.8 Å². The first-order chi connectivity index (χ1) is 8.20. The maximum absolute atomic E-state index is 2.65. The third-order valence-corrected chi connectivity index (χ3v) is 6.37. The van der Waals surface area contributed by atoms with Gasteiger partial charge in [-0.15, -0.1) is 0 Å². The Morgan fingerprint density at radius 3 is 2.17 bits per heavy atom. The summed E-state index contributed by atoms with van der Waals surface area (Å²) >= 11 is 0. The van der Waals surface area contributed by atoms with Gasteiger partial charge in [0.15, 0.2) is 0 Å². The fourth-order valence-electron chi connectivity index (χ4n) is 5.32. The maximum atomic E-state index is 2.65. The van der Waals surface area contributed by atoms with Gasteiger partial charge in [0, 0.05) is 11.6 Å². The molecule has 2 fully saturated rings. The highest BCUT2D eigenvalue weighted by Crippen LogP contribution is 2.59. The van der Waals surface area contributed by atoms with Crippen LogP contribution in [0.4, 0.5) is 0 Å². The second-order valence-corrected chi connectivity index (χ2v) is 8.25. The average molecular weight is 251 g/mol. The molecule has 18 heavy (non-hydrogen) atoms. The molecule has 1 saturated heterocycles. The van der Waals surface area contributed by atoms with Gasteiger partial charge in [0.05, 0.1) is 0 Å². The summed E-state index contributed by atoms with van der Waals surface area (Å²) < 4.78 is 0. The number of rotatable bonds is 1. The molecule has 0 amide bonds. The summed E-state index contributed by atoms with van der Waals surface area (Å²) in [4.78, 5) is 2.65. The topological polar surface area (TPSA) is 3.24 Å². The third kappa shape index (κ3) is 2.03. The summed E-state index contributed by atoms with van der Waals surface area (Å²) in [5.41, 5.74) is 0.952. The Morgan fingerprint density at radius 2 is 1.72 bits per heavy atom. The van der Waals surface area contributed by atoms with Gasteiger partial charge in [0.25, 0.3) is 0 Å². The molecule has 1 aliphatic carbocycles. The predicted molar refractivity (Wildman–Crippen MR) is 79.7 cm³/mol. The van der Waals surface area contributed by atoms with Crippen molar-refractivity contribution in [1.29, 1.82) is 0 Å². The molecule has 4 unspecified atom stereocenters. The molecule has 4 atom stereocenters. The van der Waals surface area contributed by atoms with Crippen LogP contribution < -0.4 is 0 Å². The fourth-order valence-corrected chi connectivity index (χ4v) is 5.32. The van der Waals surface area contributed by atoms with Crippen molar-refractivity contribution in [2.24, 2.45) is 23.2 Å². The van der Waals surface area contributed by atoms with Crippen molar-refractivity contribution in [2.75, 3.05) is 7.05 Å². The van der Waals surface area contributed by atoms with E-state index < -0.39 is 0 Å². The van der Waals surface area contributed by atoms with Crippen LogP contribution in [-0.4, -0.2) is 23.5 Å². The molecule has 0 aromatic rings. The molecule has 0 bridgehead atoms. The van der Waals surface area contributed by atoms with Crippen LogP contribution in [0.1, 0.15) is 67.2 Å². The van der Waals surface area contributed by atoms with Crippen molar-refractivity contribution in [2.45, 2.75) is 78.8 Å². The molecule has 1 heterocycles. The van der Waals surface area contributed by atoms with Gasteiger partial charge in [-0.05, 0) is 70.3 Å². The highest BCUT2D eigenvalue weighted by atomic mass is 15.2.